The van der Waals surface area contributed by atoms with Crippen molar-refractivity contribution in [3.63, 3.8) is 0 Å². The maximum atomic E-state index is 12.1. The fraction of sp³-hybridized carbons (Fsp3) is 0.312. The molecule has 1 aromatic heterocycles. The third-order valence-corrected chi connectivity index (χ3v) is 4.04. The molecule has 0 aliphatic carbocycles. The summed E-state index contributed by atoms with van der Waals surface area (Å²) in [6.45, 7) is 2.09. The van der Waals surface area contributed by atoms with E-state index in [-0.39, 0.29) is 17.7 Å². The quantitative estimate of drug-likeness (QED) is 0.938. The zero-order valence-electron chi connectivity index (χ0n) is 12.5. The second-order valence-electron chi connectivity index (χ2n) is 5.42. The maximum Gasteiger partial charge on any atom is 0.256 e. The highest BCUT2D eigenvalue weighted by atomic mass is 16.5. The number of anilines is 1. The average molecular weight is 299 g/mol. The zero-order valence-corrected chi connectivity index (χ0v) is 12.5. The molecule has 1 N–H and O–H groups in total. The highest BCUT2D eigenvalue weighted by molar-refractivity contribution is 5.97. The summed E-state index contributed by atoms with van der Waals surface area (Å²) in [5.74, 6) is 0.281. The number of carbonyl (C=O) groups excluding carboxylic acids is 2. The van der Waals surface area contributed by atoms with Crippen LogP contribution < -0.4 is 10.2 Å². The van der Waals surface area contributed by atoms with Crippen molar-refractivity contribution in [2.75, 3.05) is 18.5 Å². The lowest BCUT2D eigenvalue weighted by atomic mass is 9.89. The summed E-state index contributed by atoms with van der Waals surface area (Å²) in [7, 11) is 1.77. The molecule has 2 heterocycles. The van der Waals surface area contributed by atoms with Gasteiger partial charge in [0.2, 0.25) is 5.91 Å². The van der Waals surface area contributed by atoms with Gasteiger partial charge in [0, 0.05) is 31.6 Å². The van der Waals surface area contributed by atoms with Crippen molar-refractivity contribution in [2.24, 2.45) is 0 Å². The van der Waals surface area contributed by atoms with E-state index in [1.807, 2.05) is 24.3 Å². The molecule has 6 nitrogen and oxygen atoms in total. The first kappa shape index (κ1) is 14.3. The van der Waals surface area contributed by atoms with Crippen LogP contribution >= 0.6 is 0 Å². The van der Waals surface area contributed by atoms with Crippen LogP contribution in [0.2, 0.25) is 0 Å². The van der Waals surface area contributed by atoms with E-state index in [0.29, 0.717) is 24.3 Å². The van der Waals surface area contributed by atoms with E-state index in [2.05, 4.69) is 10.5 Å². The minimum atomic E-state index is -0.234. The topological polar surface area (TPSA) is 75.4 Å². The second kappa shape index (κ2) is 5.63. The van der Waals surface area contributed by atoms with Gasteiger partial charge in [0.25, 0.3) is 5.91 Å². The molecule has 0 spiro atoms. The fourth-order valence-electron chi connectivity index (χ4n) is 2.74. The number of hydrogen-bond donors (Lipinski definition) is 1. The van der Waals surface area contributed by atoms with Gasteiger partial charge in [0.15, 0.2) is 0 Å². The number of nitrogens with one attached hydrogen (secondary N) is 1. The molecule has 0 fully saturated rings. The Balaban J connectivity index is 1.76. The molecule has 1 atom stereocenters. The van der Waals surface area contributed by atoms with Gasteiger partial charge in [-0.2, -0.15) is 0 Å². The Morgan fingerprint density at radius 3 is 2.95 bits per heavy atom. The van der Waals surface area contributed by atoms with Crippen molar-refractivity contribution in [3.8, 4) is 0 Å². The van der Waals surface area contributed by atoms with Crippen LogP contribution in [0.4, 0.5) is 5.69 Å². The van der Waals surface area contributed by atoms with Gasteiger partial charge >= 0.3 is 0 Å². The largest absolute Gasteiger partial charge is 0.361 e. The molecular formula is C16H17N3O3. The molecular weight excluding hydrogens is 282 g/mol. The molecule has 1 aliphatic rings. The average Bonchev–Trinajstić information content (AvgIpc) is 2.95. The number of nitrogens with zero attached hydrogens (tertiary/aromatic N) is 2. The van der Waals surface area contributed by atoms with Crippen LogP contribution in [0.25, 0.3) is 0 Å². The lowest BCUT2D eigenvalue weighted by Crippen LogP contribution is -2.37. The van der Waals surface area contributed by atoms with Gasteiger partial charge in [-0.25, -0.2) is 0 Å². The predicted octanol–water partition coefficient (Wildman–Crippen LogP) is 1.86. The summed E-state index contributed by atoms with van der Waals surface area (Å²) in [6.07, 6.45) is 1.79. The molecule has 3 rings (SSSR count). The van der Waals surface area contributed by atoms with E-state index in [1.165, 1.54) is 6.20 Å². The van der Waals surface area contributed by atoms with Crippen LogP contribution in [-0.2, 0) is 4.79 Å². The number of rotatable bonds is 3. The third-order valence-electron chi connectivity index (χ3n) is 4.04. The molecule has 0 bridgehead atoms. The third kappa shape index (κ3) is 2.47. The monoisotopic (exact) mass is 299 g/mol. The Bertz CT molecular complexity index is 723. The molecule has 1 aromatic carbocycles. The van der Waals surface area contributed by atoms with E-state index in [1.54, 1.807) is 18.9 Å². The van der Waals surface area contributed by atoms with Gasteiger partial charge in [-0.05, 0) is 18.6 Å². The summed E-state index contributed by atoms with van der Waals surface area (Å²) in [4.78, 5) is 25.9. The van der Waals surface area contributed by atoms with Gasteiger partial charge < -0.3 is 14.7 Å². The van der Waals surface area contributed by atoms with Crippen molar-refractivity contribution in [3.05, 3.63) is 47.3 Å². The van der Waals surface area contributed by atoms with E-state index in [4.69, 9.17) is 4.52 Å². The smallest absolute Gasteiger partial charge is 0.256 e. The first-order chi connectivity index (χ1) is 10.6. The molecule has 1 aliphatic heterocycles. The van der Waals surface area contributed by atoms with Crippen LogP contribution in [0.3, 0.4) is 0 Å². The SMILES string of the molecule is Cc1oncc1C(=O)NC[C@@H]1CC(=O)N(C)c2ccccc21. The minimum absolute atomic E-state index is 0.0241. The number of aromatic nitrogens is 1. The Kier molecular flexibility index (Phi) is 3.66. The van der Waals surface area contributed by atoms with Crippen LogP contribution in [-0.4, -0.2) is 30.6 Å². The maximum absolute atomic E-state index is 12.1. The lowest BCUT2D eigenvalue weighted by molar-refractivity contribution is -0.119. The van der Waals surface area contributed by atoms with Gasteiger partial charge in [0.05, 0.1) is 6.20 Å². The highest BCUT2D eigenvalue weighted by Gasteiger charge is 2.29. The Labute approximate surface area is 128 Å². The molecule has 6 heteroatoms. The van der Waals surface area contributed by atoms with E-state index < -0.39 is 0 Å². The number of para-hydroxylation sites is 1. The van der Waals surface area contributed by atoms with Crippen molar-refractivity contribution >= 4 is 17.5 Å². The number of benzene rings is 1. The number of hydrogen-bond acceptors (Lipinski definition) is 4. The first-order valence-corrected chi connectivity index (χ1v) is 7.13. The first-order valence-electron chi connectivity index (χ1n) is 7.13. The van der Waals surface area contributed by atoms with Gasteiger partial charge in [-0.3, -0.25) is 9.59 Å². The predicted molar refractivity (Wildman–Crippen MR) is 80.8 cm³/mol. The highest BCUT2D eigenvalue weighted by Crippen LogP contribution is 2.34. The Morgan fingerprint density at radius 2 is 2.23 bits per heavy atom. The van der Waals surface area contributed by atoms with E-state index in [9.17, 15) is 9.59 Å². The van der Waals surface area contributed by atoms with Gasteiger partial charge in [-0.1, -0.05) is 23.4 Å². The van der Waals surface area contributed by atoms with Gasteiger partial charge in [-0.15, -0.1) is 0 Å². The zero-order chi connectivity index (χ0) is 15.7. The van der Waals surface area contributed by atoms with Gasteiger partial charge in [0.1, 0.15) is 11.3 Å². The Morgan fingerprint density at radius 1 is 1.45 bits per heavy atom. The minimum Gasteiger partial charge on any atom is -0.361 e. The number of carbonyl (C=O) groups is 2. The molecule has 114 valence electrons. The fourth-order valence-corrected chi connectivity index (χ4v) is 2.74. The van der Waals surface area contributed by atoms with Crippen molar-refractivity contribution in [1.29, 1.82) is 0 Å². The Hall–Kier alpha value is -2.63. The van der Waals surface area contributed by atoms with Crippen LogP contribution in [0.1, 0.15) is 34.0 Å². The summed E-state index contributed by atoms with van der Waals surface area (Å²) in [5.41, 5.74) is 2.40. The molecule has 0 saturated heterocycles. The standard InChI is InChI=1S/C16H17N3O3/c1-10-13(9-18-22-10)16(21)17-8-11-7-15(20)19(2)14-6-4-3-5-12(11)14/h3-6,9,11H,7-8H2,1-2H3,(H,17,21)/t11-/m0/s1. The number of aryl methyl sites for hydroxylation is 1. The second-order valence-corrected chi connectivity index (χ2v) is 5.42. The van der Waals surface area contributed by atoms with Crippen LogP contribution in [0.5, 0.6) is 0 Å². The van der Waals surface area contributed by atoms with Crippen molar-refractivity contribution in [2.45, 2.75) is 19.3 Å². The van der Waals surface area contributed by atoms with E-state index >= 15 is 0 Å². The molecule has 0 unspecified atom stereocenters. The lowest BCUT2D eigenvalue weighted by Gasteiger charge is -2.31. The van der Waals surface area contributed by atoms with Crippen LogP contribution in [0, 0.1) is 6.92 Å². The molecule has 2 amide bonds. The molecule has 22 heavy (non-hydrogen) atoms. The molecule has 0 radical (unpaired) electrons. The molecule has 0 saturated carbocycles. The van der Waals surface area contributed by atoms with E-state index in [0.717, 1.165) is 11.3 Å². The number of fused-ring (bicyclic) bond motifs is 1. The van der Waals surface area contributed by atoms with Crippen LogP contribution in [0.15, 0.2) is 35.0 Å². The summed E-state index contributed by atoms with van der Waals surface area (Å²) in [5, 5.41) is 6.46. The number of amides is 2. The normalized spacial score (nSPS) is 17.3. The van der Waals surface area contributed by atoms with Crippen molar-refractivity contribution in [1.82, 2.24) is 10.5 Å². The summed E-state index contributed by atoms with van der Waals surface area (Å²) in [6, 6.07) is 7.77. The summed E-state index contributed by atoms with van der Waals surface area (Å²) < 4.78 is 4.89. The van der Waals surface area contributed by atoms with Crippen molar-refractivity contribution < 1.29 is 14.1 Å². The molecule has 2 aromatic rings. The summed E-state index contributed by atoms with van der Waals surface area (Å²) >= 11 is 0.